The monoisotopic (exact) mass is 281 g/mol. The summed E-state index contributed by atoms with van der Waals surface area (Å²) in [6.45, 7) is 6.48. The number of hydrazone groups is 1. The molecule has 2 aromatic rings. The van der Waals surface area contributed by atoms with Gasteiger partial charge in [-0.15, -0.1) is 0 Å². The quantitative estimate of drug-likeness (QED) is 0.779. The van der Waals surface area contributed by atoms with Crippen LogP contribution in [0.15, 0.2) is 45.2 Å². The van der Waals surface area contributed by atoms with Crippen LogP contribution in [-0.2, 0) is 7.05 Å². The lowest BCUT2D eigenvalue weighted by molar-refractivity contribution is 0.737. The highest BCUT2D eigenvalue weighted by atomic mass is 16.1. The highest BCUT2D eigenvalue weighted by molar-refractivity contribution is 6.00. The zero-order valence-corrected chi connectivity index (χ0v) is 11.9. The molecule has 106 valence electrons. The van der Waals surface area contributed by atoms with Crippen molar-refractivity contribution in [3.63, 3.8) is 0 Å². The molecule has 2 heterocycles. The van der Waals surface area contributed by atoms with Gasteiger partial charge in [0, 0.05) is 19.2 Å². The maximum absolute atomic E-state index is 11.8. The van der Waals surface area contributed by atoms with Crippen molar-refractivity contribution in [2.45, 2.75) is 6.92 Å². The first-order valence-electron chi connectivity index (χ1n) is 6.68. The van der Waals surface area contributed by atoms with Gasteiger partial charge in [-0.05, 0) is 6.92 Å². The fourth-order valence-electron chi connectivity index (χ4n) is 2.14. The summed E-state index contributed by atoms with van der Waals surface area (Å²) >= 11 is 0. The van der Waals surface area contributed by atoms with E-state index in [-0.39, 0.29) is 5.69 Å². The molecule has 6 heteroatoms. The third kappa shape index (κ3) is 2.14. The van der Waals surface area contributed by atoms with Crippen LogP contribution in [0.25, 0.3) is 6.58 Å². The number of nitrogens with zero attached hydrogens (tertiary/aromatic N) is 5. The van der Waals surface area contributed by atoms with Crippen LogP contribution in [0.3, 0.4) is 0 Å². The van der Waals surface area contributed by atoms with E-state index in [1.54, 1.807) is 12.1 Å². The van der Waals surface area contributed by atoms with E-state index in [9.17, 15) is 4.79 Å². The van der Waals surface area contributed by atoms with Crippen molar-refractivity contribution in [2.24, 2.45) is 17.1 Å². The minimum atomic E-state index is -0.356. The zero-order chi connectivity index (χ0) is 15.0. The first-order valence-corrected chi connectivity index (χ1v) is 6.68. The minimum Gasteiger partial charge on any atom is -0.294 e. The van der Waals surface area contributed by atoms with Crippen molar-refractivity contribution in [1.29, 1.82) is 0 Å². The van der Waals surface area contributed by atoms with Gasteiger partial charge in [-0.3, -0.25) is 4.57 Å². The van der Waals surface area contributed by atoms with E-state index >= 15 is 0 Å². The van der Waals surface area contributed by atoms with E-state index in [0.717, 1.165) is 5.56 Å². The molecular formula is C15H15N5O. The van der Waals surface area contributed by atoms with Crippen LogP contribution in [0, 0.1) is 0 Å². The Morgan fingerprint density at radius 1 is 1.24 bits per heavy atom. The van der Waals surface area contributed by atoms with Gasteiger partial charge < -0.3 is 0 Å². The van der Waals surface area contributed by atoms with E-state index in [4.69, 9.17) is 0 Å². The van der Waals surface area contributed by atoms with Crippen molar-refractivity contribution >= 4 is 18.2 Å². The second kappa shape index (κ2) is 4.97. The molecule has 1 aromatic carbocycles. The van der Waals surface area contributed by atoms with Crippen LogP contribution in [-0.4, -0.2) is 21.9 Å². The normalized spacial score (nSPS) is 13.4. The van der Waals surface area contributed by atoms with Crippen molar-refractivity contribution in [2.75, 3.05) is 11.6 Å². The summed E-state index contributed by atoms with van der Waals surface area (Å²) in [5.74, 6) is 1.06. The molecule has 0 atom stereocenters. The number of hydrogen-bond acceptors (Lipinski definition) is 5. The second-order valence-electron chi connectivity index (χ2n) is 4.69. The van der Waals surface area contributed by atoms with Gasteiger partial charge in [0.15, 0.2) is 11.7 Å². The van der Waals surface area contributed by atoms with Crippen LogP contribution >= 0.6 is 0 Å². The summed E-state index contributed by atoms with van der Waals surface area (Å²) in [4.78, 5) is 20.4. The number of anilines is 1. The van der Waals surface area contributed by atoms with Crippen molar-refractivity contribution in [1.82, 2.24) is 9.55 Å². The standard InChI is InChI=1S/C15H15N5O/c1-4-20-14-12(10(2)19(3)15(21)17-14)16-13(18-20)11-8-6-5-7-9-11/h5-9H,2,4H2,1,3H3. The molecule has 0 saturated heterocycles. The van der Waals surface area contributed by atoms with Gasteiger partial charge in [0.2, 0.25) is 0 Å². The summed E-state index contributed by atoms with van der Waals surface area (Å²) in [7, 11) is 1.64. The zero-order valence-electron chi connectivity index (χ0n) is 11.9. The number of fused-ring (bicyclic) bond motifs is 1. The topological polar surface area (TPSA) is 62.9 Å². The Labute approximate surface area is 121 Å². The molecule has 3 rings (SSSR count). The van der Waals surface area contributed by atoms with Crippen molar-refractivity contribution in [3.05, 3.63) is 57.1 Å². The van der Waals surface area contributed by atoms with Gasteiger partial charge in [0.25, 0.3) is 0 Å². The predicted molar refractivity (Wildman–Crippen MR) is 81.8 cm³/mol. The lowest BCUT2D eigenvalue weighted by atomic mass is 10.2. The van der Waals surface area contributed by atoms with E-state index in [0.29, 0.717) is 28.9 Å². The average Bonchev–Trinajstić information content (AvgIpc) is 2.53. The van der Waals surface area contributed by atoms with Gasteiger partial charge >= 0.3 is 5.69 Å². The summed E-state index contributed by atoms with van der Waals surface area (Å²) in [5.41, 5.74) is 0.556. The summed E-state index contributed by atoms with van der Waals surface area (Å²) in [6, 6.07) is 9.70. The lowest BCUT2D eigenvalue weighted by Crippen LogP contribution is -2.48. The van der Waals surface area contributed by atoms with Gasteiger partial charge in [-0.2, -0.15) is 10.1 Å². The van der Waals surface area contributed by atoms with Gasteiger partial charge in [0.1, 0.15) is 5.36 Å². The van der Waals surface area contributed by atoms with Gasteiger partial charge in [-0.25, -0.2) is 14.8 Å². The van der Waals surface area contributed by atoms with Gasteiger partial charge in [-0.1, -0.05) is 36.9 Å². The van der Waals surface area contributed by atoms with Crippen LogP contribution in [0.1, 0.15) is 12.5 Å². The number of benzene rings is 1. The number of amidine groups is 1. The number of rotatable bonds is 2. The Morgan fingerprint density at radius 3 is 2.62 bits per heavy atom. The largest absolute Gasteiger partial charge is 0.349 e. The van der Waals surface area contributed by atoms with E-state index in [1.165, 1.54) is 4.57 Å². The molecular weight excluding hydrogens is 266 g/mol. The van der Waals surface area contributed by atoms with Crippen LogP contribution in [0.2, 0.25) is 0 Å². The second-order valence-corrected chi connectivity index (χ2v) is 4.69. The Bertz CT molecular complexity index is 883. The number of hydrogen-bond donors (Lipinski definition) is 0. The molecule has 1 aliphatic rings. The smallest absolute Gasteiger partial charge is 0.294 e. The molecule has 0 amide bonds. The molecule has 0 bridgehead atoms. The van der Waals surface area contributed by atoms with Crippen molar-refractivity contribution < 1.29 is 0 Å². The fourth-order valence-corrected chi connectivity index (χ4v) is 2.14. The molecule has 21 heavy (non-hydrogen) atoms. The Hall–Kier alpha value is -2.76. The molecule has 0 spiro atoms. The molecule has 1 aromatic heterocycles. The van der Waals surface area contributed by atoms with Gasteiger partial charge in [0.05, 0.1) is 5.35 Å². The maximum atomic E-state index is 11.8. The van der Waals surface area contributed by atoms with E-state index in [1.807, 2.05) is 37.3 Å². The fraction of sp³-hybridized carbons (Fsp3) is 0.200. The third-order valence-electron chi connectivity index (χ3n) is 3.39. The van der Waals surface area contributed by atoms with Crippen LogP contribution in [0.5, 0.6) is 0 Å². The molecule has 0 N–H and O–H groups in total. The summed E-state index contributed by atoms with van der Waals surface area (Å²) < 4.78 is 1.39. The first-order chi connectivity index (χ1) is 10.1. The summed E-state index contributed by atoms with van der Waals surface area (Å²) in [5, 5.41) is 7.27. The van der Waals surface area contributed by atoms with Crippen LogP contribution < -0.4 is 21.4 Å². The molecule has 0 fully saturated rings. The third-order valence-corrected chi connectivity index (χ3v) is 3.39. The minimum absolute atomic E-state index is 0.356. The van der Waals surface area contributed by atoms with Crippen LogP contribution in [0.4, 0.5) is 5.82 Å². The average molecular weight is 281 g/mol. The van der Waals surface area contributed by atoms with E-state index in [2.05, 4.69) is 21.7 Å². The number of aromatic nitrogens is 2. The molecule has 1 aliphatic heterocycles. The maximum Gasteiger partial charge on any atom is 0.349 e. The lowest BCUT2D eigenvalue weighted by Gasteiger charge is -2.21. The predicted octanol–water partition coefficient (Wildman–Crippen LogP) is 0.0119. The SMILES string of the molecule is C=c1c2c(nc(=O)n1C)N(CC)N=C(c1ccccc1)N=2. The van der Waals surface area contributed by atoms with Crippen molar-refractivity contribution in [3.8, 4) is 0 Å². The Morgan fingerprint density at radius 2 is 1.95 bits per heavy atom. The summed E-state index contributed by atoms with van der Waals surface area (Å²) in [6.07, 6.45) is 0. The Balaban J connectivity index is 2.31. The molecule has 0 unspecified atom stereocenters. The molecule has 0 aliphatic carbocycles. The highest BCUT2D eigenvalue weighted by Crippen LogP contribution is 2.11. The molecule has 6 nitrogen and oxygen atoms in total. The molecule has 0 saturated carbocycles. The molecule has 0 radical (unpaired) electrons. The highest BCUT2D eigenvalue weighted by Gasteiger charge is 2.18. The van der Waals surface area contributed by atoms with E-state index < -0.39 is 0 Å². The Kier molecular flexibility index (Phi) is 3.13. The first kappa shape index (κ1) is 13.2.